The highest BCUT2D eigenvalue weighted by atomic mass is 32.2. The number of carbonyl (C=O) groups excluding carboxylic acids is 1. The summed E-state index contributed by atoms with van der Waals surface area (Å²) in [5, 5.41) is 0. The monoisotopic (exact) mass is 537 g/mol. The van der Waals surface area contributed by atoms with Crippen molar-refractivity contribution >= 4 is 37.4 Å². The first-order chi connectivity index (χ1) is 17.8. The van der Waals surface area contributed by atoms with Crippen LogP contribution in [0.15, 0.2) is 101 Å². The number of ketones is 1. The van der Waals surface area contributed by atoms with Crippen LogP contribution in [0.5, 0.6) is 0 Å². The average molecular weight is 538 g/mol. The van der Waals surface area contributed by atoms with Gasteiger partial charge in [0.2, 0.25) is 0 Å². The van der Waals surface area contributed by atoms with Crippen molar-refractivity contribution in [3.63, 3.8) is 0 Å². The van der Waals surface area contributed by atoms with E-state index in [-0.39, 0.29) is 5.78 Å². The Morgan fingerprint density at radius 1 is 0.919 bits per heavy atom. The molecule has 2 nitrogen and oxygen atoms in total. The summed E-state index contributed by atoms with van der Waals surface area (Å²) >= 11 is 3.51. The van der Waals surface area contributed by atoms with E-state index in [1.165, 1.54) is 10.5 Å². The van der Waals surface area contributed by atoms with E-state index in [9.17, 15) is 4.79 Å². The standard InChI is InChI=1S/C32H31NOS2Si/c1-5-32(31(34)29-10-8-21-33(29)28-9-6-7-11-30(28)36-32)26-16-12-25(13-17-26)23-35-27-18-14-24(15-19-27)20-22-37(2,3)4/h6-19,21H,5,23H2,1-4H3. The van der Waals surface area contributed by atoms with E-state index in [2.05, 4.69) is 105 Å². The molecule has 1 unspecified atom stereocenters. The smallest absolute Gasteiger partial charge is 0.200 e. The first-order valence-electron chi connectivity index (χ1n) is 12.7. The number of hydrogen-bond donors (Lipinski definition) is 0. The highest BCUT2D eigenvalue weighted by Gasteiger charge is 2.43. The van der Waals surface area contributed by atoms with Crippen LogP contribution in [0, 0.1) is 11.5 Å². The molecular weight excluding hydrogens is 507 g/mol. The zero-order valence-electron chi connectivity index (χ0n) is 21.7. The van der Waals surface area contributed by atoms with Gasteiger partial charge in [0, 0.05) is 27.3 Å². The Kier molecular flexibility index (Phi) is 7.27. The number of carbonyl (C=O) groups is 1. The summed E-state index contributed by atoms with van der Waals surface area (Å²) in [6.07, 6.45) is 2.71. The van der Waals surface area contributed by atoms with Crippen molar-refractivity contribution in [1.29, 1.82) is 0 Å². The molecule has 0 fully saturated rings. The van der Waals surface area contributed by atoms with E-state index in [0.29, 0.717) is 0 Å². The number of hydrogen-bond acceptors (Lipinski definition) is 3. The van der Waals surface area contributed by atoms with Crippen molar-refractivity contribution in [3.05, 3.63) is 114 Å². The second-order valence-electron chi connectivity index (χ2n) is 10.4. The Balaban J connectivity index is 1.36. The van der Waals surface area contributed by atoms with Gasteiger partial charge in [0.05, 0.1) is 11.4 Å². The van der Waals surface area contributed by atoms with Gasteiger partial charge in [-0.1, -0.05) is 68.9 Å². The van der Waals surface area contributed by atoms with Crippen LogP contribution in [0.3, 0.4) is 0 Å². The summed E-state index contributed by atoms with van der Waals surface area (Å²) in [5.41, 5.74) is 8.64. The van der Waals surface area contributed by atoms with E-state index in [4.69, 9.17) is 0 Å². The fourth-order valence-corrected chi connectivity index (χ4v) is 7.28. The van der Waals surface area contributed by atoms with Crippen molar-refractivity contribution in [3.8, 4) is 17.2 Å². The molecule has 3 aromatic carbocycles. The third-order valence-electron chi connectivity index (χ3n) is 6.52. The number of benzene rings is 3. The lowest BCUT2D eigenvalue weighted by Crippen LogP contribution is -2.32. The van der Waals surface area contributed by atoms with Crippen LogP contribution in [0.25, 0.3) is 5.69 Å². The molecule has 5 heteroatoms. The highest BCUT2D eigenvalue weighted by molar-refractivity contribution is 8.01. The van der Waals surface area contributed by atoms with Gasteiger partial charge < -0.3 is 4.57 Å². The number of aromatic nitrogens is 1. The topological polar surface area (TPSA) is 22.0 Å². The van der Waals surface area contributed by atoms with Gasteiger partial charge in [0.15, 0.2) is 5.78 Å². The Labute approximate surface area is 229 Å². The van der Waals surface area contributed by atoms with Crippen molar-refractivity contribution < 1.29 is 4.79 Å². The molecule has 37 heavy (non-hydrogen) atoms. The fraction of sp³-hybridized carbons (Fsp3) is 0.219. The van der Waals surface area contributed by atoms with Crippen LogP contribution >= 0.6 is 23.5 Å². The minimum absolute atomic E-state index is 0.167. The molecule has 0 saturated carbocycles. The maximum absolute atomic E-state index is 14.0. The Morgan fingerprint density at radius 2 is 1.65 bits per heavy atom. The molecule has 0 N–H and O–H groups in total. The molecule has 1 aromatic heterocycles. The van der Waals surface area contributed by atoms with Crippen LogP contribution in [0.1, 0.15) is 40.5 Å². The second-order valence-corrected chi connectivity index (χ2v) is 17.5. The van der Waals surface area contributed by atoms with E-state index in [1.807, 2.05) is 40.7 Å². The maximum atomic E-state index is 14.0. The molecule has 1 aliphatic heterocycles. The zero-order valence-corrected chi connectivity index (χ0v) is 24.4. The van der Waals surface area contributed by atoms with Gasteiger partial charge in [0.25, 0.3) is 0 Å². The Morgan fingerprint density at radius 3 is 2.35 bits per heavy atom. The first kappa shape index (κ1) is 25.7. The van der Waals surface area contributed by atoms with Gasteiger partial charge in [-0.3, -0.25) is 4.79 Å². The minimum atomic E-state index is -1.37. The summed E-state index contributed by atoms with van der Waals surface area (Å²) in [6.45, 7) is 8.91. The first-order valence-corrected chi connectivity index (χ1v) is 18.0. The molecule has 0 saturated heterocycles. The van der Waals surface area contributed by atoms with Crippen molar-refractivity contribution in [2.24, 2.45) is 0 Å². The normalized spacial score (nSPS) is 16.8. The molecular formula is C32H31NOS2Si. The Bertz CT molecular complexity index is 1490. The molecule has 1 aliphatic rings. The summed E-state index contributed by atoms with van der Waals surface area (Å²) in [6, 6.07) is 29.4. The second kappa shape index (κ2) is 10.5. The van der Waals surface area contributed by atoms with Crippen LogP contribution < -0.4 is 0 Å². The fourth-order valence-electron chi connectivity index (χ4n) is 4.52. The third-order valence-corrected chi connectivity index (χ3v) is 10.1. The number of nitrogens with zero attached hydrogens (tertiary/aromatic N) is 1. The lowest BCUT2D eigenvalue weighted by Gasteiger charge is -2.30. The summed E-state index contributed by atoms with van der Waals surface area (Å²) in [7, 11) is -1.37. The Hall–Kier alpha value is -2.91. The number of fused-ring (bicyclic) bond motifs is 3. The number of thioether (sulfide) groups is 2. The van der Waals surface area contributed by atoms with Crippen LogP contribution in [-0.2, 0) is 10.5 Å². The van der Waals surface area contributed by atoms with Crippen molar-refractivity contribution in [2.75, 3.05) is 0 Å². The lowest BCUT2D eigenvalue weighted by molar-refractivity contribution is 0.0933. The van der Waals surface area contributed by atoms with Gasteiger partial charge >= 0.3 is 0 Å². The van der Waals surface area contributed by atoms with Crippen LogP contribution in [0.2, 0.25) is 19.6 Å². The van der Waals surface area contributed by atoms with Crippen LogP contribution in [0.4, 0.5) is 0 Å². The summed E-state index contributed by atoms with van der Waals surface area (Å²) in [5.74, 6) is 4.37. The predicted octanol–water partition coefficient (Wildman–Crippen LogP) is 8.59. The van der Waals surface area contributed by atoms with Gasteiger partial charge in [-0.05, 0) is 66.1 Å². The van der Waals surface area contributed by atoms with E-state index < -0.39 is 12.8 Å². The van der Waals surface area contributed by atoms with Crippen molar-refractivity contribution in [2.45, 2.75) is 53.3 Å². The van der Waals surface area contributed by atoms with Crippen LogP contribution in [-0.4, -0.2) is 18.4 Å². The van der Waals surface area contributed by atoms with Gasteiger partial charge in [-0.2, -0.15) is 0 Å². The number of rotatable bonds is 5. The molecule has 0 spiro atoms. The predicted molar refractivity (Wildman–Crippen MR) is 161 cm³/mol. The lowest BCUT2D eigenvalue weighted by atomic mass is 9.89. The van der Waals surface area contributed by atoms with Gasteiger partial charge in [-0.15, -0.1) is 29.1 Å². The van der Waals surface area contributed by atoms with Crippen molar-refractivity contribution in [1.82, 2.24) is 4.57 Å². The third kappa shape index (κ3) is 5.38. The largest absolute Gasteiger partial charge is 0.313 e. The van der Waals surface area contributed by atoms with Gasteiger partial charge in [-0.25, -0.2) is 0 Å². The molecule has 0 bridgehead atoms. The number of para-hydroxylation sites is 1. The molecule has 0 radical (unpaired) electrons. The van der Waals surface area contributed by atoms with Gasteiger partial charge in [0.1, 0.15) is 12.8 Å². The van der Waals surface area contributed by atoms with E-state index in [0.717, 1.165) is 39.6 Å². The summed E-state index contributed by atoms with van der Waals surface area (Å²) < 4.78 is 1.39. The summed E-state index contributed by atoms with van der Waals surface area (Å²) in [4.78, 5) is 16.4. The molecule has 0 amide bonds. The number of Topliss-reactive ketones (excluding diaryl/α,β-unsaturated/α-hetero) is 1. The molecule has 2 heterocycles. The molecule has 1 atom stereocenters. The SMILES string of the molecule is CCC1(c2ccc(CSc3ccc(C#C[Si](C)(C)C)cc3)cc2)Sc2ccccc2-n2cccc2C1=O. The molecule has 5 rings (SSSR count). The zero-order chi connectivity index (χ0) is 26.0. The highest BCUT2D eigenvalue weighted by Crippen LogP contribution is 2.50. The minimum Gasteiger partial charge on any atom is -0.313 e. The quantitative estimate of drug-likeness (QED) is 0.145. The van der Waals surface area contributed by atoms with E-state index >= 15 is 0 Å². The van der Waals surface area contributed by atoms with E-state index in [1.54, 1.807) is 11.8 Å². The molecule has 0 aliphatic carbocycles. The maximum Gasteiger partial charge on any atom is 0.200 e. The average Bonchev–Trinajstić information content (AvgIpc) is 3.36. The molecule has 4 aromatic rings. The molecule has 186 valence electrons.